The second kappa shape index (κ2) is 4.18. The van der Waals surface area contributed by atoms with Crippen LogP contribution in [0.2, 0.25) is 5.25 Å². The van der Waals surface area contributed by atoms with Crippen molar-refractivity contribution in [2.24, 2.45) is 0 Å². The van der Waals surface area contributed by atoms with Gasteiger partial charge in [0.2, 0.25) is 0 Å². The van der Waals surface area contributed by atoms with E-state index in [1.807, 2.05) is 0 Å². The van der Waals surface area contributed by atoms with Crippen LogP contribution in [0.25, 0.3) is 0 Å². The van der Waals surface area contributed by atoms with E-state index in [2.05, 4.69) is 4.74 Å². The predicted octanol–water partition coefficient (Wildman–Crippen LogP) is -0.667. The van der Waals surface area contributed by atoms with Gasteiger partial charge in [0, 0.05) is 0 Å². The van der Waals surface area contributed by atoms with Gasteiger partial charge in [0.15, 0.2) is 0 Å². The Kier molecular flexibility index (Phi) is 4.19. The molecule has 42 valence electrons. The van der Waals surface area contributed by atoms with Crippen LogP contribution < -0.4 is 0 Å². The summed E-state index contributed by atoms with van der Waals surface area (Å²) < 4.78 is 4.60. The first kappa shape index (κ1) is 7.01. The van der Waals surface area contributed by atoms with Crippen molar-refractivity contribution in [2.45, 2.75) is 12.2 Å². The average molecular weight is 163 g/mol. The third kappa shape index (κ3) is 6.01. The summed E-state index contributed by atoms with van der Waals surface area (Å²) in [6, 6.07) is 0. The molecule has 0 aliphatic rings. The molecule has 0 saturated carbocycles. The van der Waals surface area contributed by atoms with Crippen molar-refractivity contribution in [3.05, 3.63) is 0 Å². The quantitative estimate of drug-likeness (QED) is 0.398. The molecular formula is C4H10GeO2. The molecule has 0 aliphatic heterocycles. The number of carbonyl (C=O) groups excluding carboxylic acids is 1. The molecule has 0 bridgehead atoms. The third-order valence-electron chi connectivity index (χ3n) is 0.509. The molecule has 7 heavy (non-hydrogen) atoms. The van der Waals surface area contributed by atoms with Gasteiger partial charge in [-0.25, -0.2) is 0 Å². The monoisotopic (exact) mass is 164 g/mol. The van der Waals surface area contributed by atoms with E-state index in [-0.39, 0.29) is 5.97 Å². The summed E-state index contributed by atoms with van der Waals surface area (Å²) in [6.07, 6.45) is 0. The molecule has 0 amide bonds. The van der Waals surface area contributed by atoms with Gasteiger partial charge in [-0.3, -0.25) is 0 Å². The van der Waals surface area contributed by atoms with Crippen molar-refractivity contribution >= 4 is 22.5 Å². The van der Waals surface area contributed by atoms with Crippen LogP contribution >= 0.6 is 0 Å². The summed E-state index contributed by atoms with van der Waals surface area (Å²) in [6.45, 7) is 2.07. The SMILES string of the molecule is CC(=O)OC[CH2][GeH3]. The molecule has 0 aliphatic carbocycles. The average Bonchev–Trinajstić information content (AvgIpc) is 1.61. The van der Waals surface area contributed by atoms with Gasteiger partial charge in [0.1, 0.15) is 0 Å². The number of ether oxygens (including phenoxy) is 1. The molecule has 0 atom stereocenters. The second-order valence-corrected chi connectivity index (χ2v) is 3.44. The third-order valence-corrected chi connectivity index (χ3v) is 1.37. The number of rotatable bonds is 2. The number of esters is 1. The van der Waals surface area contributed by atoms with Gasteiger partial charge in [0.05, 0.1) is 0 Å². The van der Waals surface area contributed by atoms with Crippen LogP contribution in [-0.2, 0) is 9.53 Å². The zero-order valence-corrected chi connectivity index (χ0v) is 8.93. The molecule has 2 nitrogen and oxygen atoms in total. The van der Waals surface area contributed by atoms with Crippen LogP contribution in [0.5, 0.6) is 0 Å². The first-order valence-corrected chi connectivity index (χ1v) is 5.37. The van der Waals surface area contributed by atoms with Crippen molar-refractivity contribution in [1.82, 2.24) is 0 Å². The Labute approximate surface area is 51.5 Å². The van der Waals surface area contributed by atoms with Crippen molar-refractivity contribution < 1.29 is 9.53 Å². The Bertz CT molecular complexity index is 62.7. The Morgan fingerprint density at radius 2 is 2.43 bits per heavy atom. The van der Waals surface area contributed by atoms with Crippen molar-refractivity contribution in [1.29, 1.82) is 0 Å². The van der Waals surface area contributed by atoms with Gasteiger partial charge in [0.25, 0.3) is 0 Å². The van der Waals surface area contributed by atoms with E-state index in [1.165, 1.54) is 6.92 Å². The zero-order chi connectivity index (χ0) is 5.70. The van der Waals surface area contributed by atoms with E-state index in [0.717, 1.165) is 21.8 Å². The van der Waals surface area contributed by atoms with Crippen LogP contribution in [-0.4, -0.2) is 29.1 Å². The fourth-order valence-corrected chi connectivity index (χ4v) is 0.674. The summed E-state index contributed by atoms with van der Waals surface area (Å²) in [4.78, 5) is 10.0. The van der Waals surface area contributed by atoms with Gasteiger partial charge in [-0.05, 0) is 0 Å². The molecule has 0 aromatic carbocycles. The van der Waals surface area contributed by atoms with Crippen LogP contribution in [0.1, 0.15) is 6.92 Å². The first-order valence-electron chi connectivity index (χ1n) is 2.40. The van der Waals surface area contributed by atoms with E-state index < -0.39 is 0 Å². The Morgan fingerprint density at radius 1 is 1.86 bits per heavy atom. The molecule has 0 aromatic rings. The van der Waals surface area contributed by atoms with E-state index in [9.17, 15) is 4.79 Å². The van der Waals surface area contributed by atoms with Gasteiger partial charge in [-0.1, -0.05) is 0 Å². The zero-order valence-electron chi connectivity index (χ0n) is 4.73. The second-order valence-electron chi connectivity index (χ2n) is 1.34. The van der Waals surface area contributed by atoms with E-state index in [4.69, 9.17) is 0 Å². The molecule has 0 fully saturated rings. The van der Waals surface area contributed by atoms with Crippen LogP contribution in [0.4, 0.5) is 0 Å². The molecule has 0 saturated heterocycles. The minimum absolute atomic E-state index is 0.163. The topological polar surface area (TPSA) is 26.3 Å². The summed E-state index contributed by atoms with van der Waals surface area (Å²) in [5.74, 6) is -0.163. The molecule has 0 rings (SSSR count). The van der Waals surface area contributed by atoms with Crippen molar-refractivity contribution in [3.8, 4) is 0 Å². The van der Waals surface area contributed by atoms with Gasteiger partial charge >= 0.3 is 50.8 Å². The fraction of sp³-hybridized carbons (Fsp3) is 0.750. The molecule has 0 spiro atoms. The minimum atomic E-state index is -0.163. The summed E-state index contributed by atoms with van der Waals surface area (Å²) >= 11 is 0.822. The fourth-order valence-electron chi connectivity index (χ4n) is 0.246. The van der Waals surface area contributed by atoms with Crippen LogP contribution in [0, 0.1) is 0 Å². The molecule has 0 unspecified atom stereocenters. The van der Waals surface area contributed by atoms with Gasteiger partial charge in [-0.15, -0.1) is 0 Å². The normalized spacial score (nSPS) is 8.71. The van der Waals surface area contributed by atoms with Crippen molar-refractivity contribution in [2.75, 3.05) is 6.61 Å². The Hall–Kier alpha value is 0.0129. The number of hydrogen-bond donors (Lipinski definition) is 0. The molecule has 0 N–H and O–H groups in total. The molecule has 0 aromatic heterocycles. The van der Waals surface area contributed by atoms with Crippen LogP contribution in [0.15, 0.2) is 0 Å². The molecule has 0 heterocycles. The molecule has 3 heteroatoms. The maximum absolute atomic E-state index is 10.0. The number of carbonyl (C=O) groups is 1. The maximum atomic E-state index is 10.0. The van der Waals surface area contributed by atoms with E-state index in [1.54, 1.807) is 0 Å². The van der Waals surface area contributed by atoms with E-state index in [0.29, 0.717) is 6.61 Å². The van der Waals surface area contributed by atoms with Crippen molar-refractivity contribution in [3.63, 3.8) is 0 Å². The Balaban J connectivity index is 2.82. The van der Waals surface area contributed by atoms with Gasteiger partial charge < -0.3 is 0 Å². The summed E-state index contributed by atoms with van der Waals surface area (Å²) in [7, 11) is 0. The molecule has 0 radical (unpaired) electrons. The first-order chi connectivity index (χ1) is 3.27. The summed E-state index contributed by atoms with van der Waals surface area (Å²) in [5.41, 5.74) is 0. The van der Waals surface area contributed by atoms with Crippen LogP contribution in [0.3, 0.4) is 0 Å². The number of hydrogen-bond acceptors (Lipinski definition) is 2. The standard InChI is InChI=1S/C4H10GeO2/c1-4(6)7-3-2-5/h2-3H2,1,5H3. The van der Waals surface area contributed by atoms with E-state index >= 15 is 0 Å². The Morgan fingerprint density at radius 3 is 2.57 bits per heavy atom. The van der Waals surface area contributed by atoms with Gasteiger partial charge in [-0.2, -0.15) is 0 Å². The molecular weight excluding hydrogens is 153 g/mol. The predicted molar refractivity (Wildman–Crippen MR) is 31.4 cm³/mol. The summed E-state index contributed by atoms with van der Waals surface area (Å²) in [5, 5.41) is 1.09.